The summed E-state index contributed by atoms with van der Waals surface area (Å²) >= 11 is 1.49. The lowest BCUT2D eigenvalue weighted by Gasteiger charge is -2.04. The molecule has 0 radical (unpaired) electrons. The van der Waals surface area contributed by atoms with Gasteiger partial charge in [-0.3, -0.25) is 9.48 Å². The lowest BCUT2D eigenvalue weighted by molar-refractivity contribution is 0.0958. The third kappa shape index (κ3) is 3.71. The number of amides is 1. The molecule has 0 saturated heterocycles. The number of nitrogens with one attached hydrogen (secondary N) is 2. The van der Waals surface area contributed by atoms with Crippen LogP contribution in [0.2, 0.25) is 0 Å². The van der Waals surface area contributed by atoms with Crippen LogP contribution in [0.1, 0.15) is 28.7 Å². The molecule has 20 heavy (non-hydrogen) atoms. The van der Waals surface area contributed by atoms with Crippen LogP contribution in [-0.4, -0.2) is 35.3 Å². The molecule has 1 amide bonds. The fraction of sp³-hybridized carbons (Fsp3) is 0.538. The maximum atomic E-state index is 12.0. The lowest BCUT2D eigenvalue weighted by Crippen LogP contribution is -2.31. The van der Waals surface area contributed by atoms with E-state index in [0.29, 0.717) is 6.54 Å². The number of aryl methyl sites for hydroxylation is 2. The SMILES string of the molecule is CCCNCCNC(=O)c1cc2c(C)nn(C)c2s1.Cl. The highest BCUT2D eigenvalue weighted by molar-refractivity contribution is 7.20. The van der Waals surface area contributed by atoms with Gasteiger partial charge in [-0.15, -0.1) is 23.7 Å². The van der Waals surface area contributed by atoms with Crippen molar-refractivity contribution in [2.75, 3.05) is 19.6 Å². The first-order chi connectivity index (χ1) is 9.13. The van der Waals surface area contributed by atoms with E-state index in [2.05, 4.69) is 22.7 Å². The first-order valence-electron chi connectivity index (χ1n) is 6.55. The number of hydrogen-bond donors (Lipinski definition) is 2. The summed E-state index contributed by atoms with van der Waals surface area (Å²) < 4.78 is 1.83. The fourth-order valence-corrected chi connectivity index (χ4v) is 3.01. The van der Waals surface area contributed by atoms with E-state index in [4.69, 9.17) is 0 Å². The van der Waals surface area contributed by atoms with Crippen molar-refractivity contribution in [2.45, 2.75) is 20.3 Å². The third-order valence-corrected chi connectivity index (χ3v) is 4.13. The van der Waals surface area contributed by atoms with Crippen molar-refractivity contribution in [3.63, 3.8) is 0 Å². The predicted octanol–water partition coefficient (Wildman–Crippen LogP) is 2.09. The Morgan fingerprint density at radius 1 is 1.40 bits per heavy atom. The molecule has 0 saturated carbocycles. The van der Waals surface area contributed by atoms with E-state index >= 15 is 0 Å². The number of fused-ring (bicyclic) bond motifs is 1. The molecular formula is C13H21ClN4OS. The van der Waals surface area contributed by atoms with Crippen LogP contribution in [0.5, 0.6) is 0 Å². The molecule has 2 aromatic heterocycles. The zero-order chi connectivity index (χ0) is 13.8. The van der Waals surface area contributed by atoms with E-state index in [9.17, 15) is 4.79 Å². The van der Waals surface area contributed by atoms with Gasteiger partial charge < -0.3 is 10.6 Å². The van der Waals surface area contributed by atoms with E-state index in [1.807, 2.05) is 24.7 Å². The number of halogens is 1. The number of nitrogens with zero attached hydrogens (tertiary/aromatic N) is 2. The Labute approximate surface area is 129 Å². The highest BCUT2D eigenvalue weighted by Crippen LogP contribution is 2.27. The monoisotopic (exact) mass is 316 g/mol. The van der Waals surface area contributed by atoms with Crippen LogP contribution < -0.4 is 10.6 Å². The van der Waals surface area contributed by atoms with Gasteiger partial charge in [0.05, 0.1) is 10.6 Å². The molecule has 112 valence electrons. The van der Waals surface area contributed by atoms with Gasteiger partial charge in [0.2, 0.25) is 0 Å². The number of hydrogen-bond acceptors (Lipinski definition) is 4. The van der Waals surface area contributed by atoms with E-state index in [-0.39, 0.29) is 18.3 Å². The van der Waals surface area contributed by atoms with E-state index in [1.54, 1.807) is 0 Å². The van der Waals surface area contributed by atoms with Crippen molar-refractivity contribution >= 4 is 39.9 Å². The highest BCUT2D eigenvalue weighted by atomic mass is 35.5. The molecule has 0 spiro atoms. The van der Waals surface area contributed by atoms with E-state index < -0.39 is 0 Å². The maximum absolute atomic E-state index is 12.0. The first-order valence-corrected chi connectivity index (χ1v) is 7.37. The standard InChI is InChI=1S/C13H20N4OS.ClH/c1-4-5-14-6-7-15-12(18)11-8-10-9(2)16-17(3)13(10)19-11;/h8,14H,4-7H2,1-3H3,(H,15,18);1H. The first kappa shape index (κ1) is 16.9. The fourth-order valence-electron chi connectivity index (χ4n) is 1.97. The van der Waals surface area contributed by atoms with Gasteiger partial charge in [0.15, 0.2) is 0 Å². The van der Waals surface area contributed by atoms with Crippen molar-refractivity contribution in [1.29, 1.82) is 0 Å². The molecular weight excluding hydrogens is 296 g/mol. The smallest absolute Gasteiger partial charge is 0.261 e. The molecule has 5 nitrogen and oxygen atoms in total. The van der Waals surface area contributed by atoms with Gasteiger partial charge in [-0.05, 0) is 26.0 Å². The van der Waals surface area contributed by atoms with Gasteiger partial charge in [0.1, 0.15) is 4.83 Å². The van der Waals surface area contributed by atoms with Crippen LogP contribution in [0.4, 0.5) is 0 Å². The summed E-state index contributed by atoms with van der Waals surface area (Å²) in [5.41, 5.74) is 0.970. The molecule has 7 heteroatoms. The summed E-state index contributed by atoms with van der Waals surface area (Å²) in [5, 5.41) is 11.6. The Hall–Kier alpha value is -1.11. The highest BCUT2D eigenvalue weighted by Gasteiger charge is 2.14. The molecule has 0 aliphatic heterocycles. The van der Waals surface area contributed by atoms with Crippen molar-refractivity contribution in [1.82, 2.24) is 20.4 Å². The number of aromatic nitrogens is 2. The van der Waals surface area contributed by atoms with Crippen molar-refractivity contribution < 1.29 is 4.79 Å². The molecule has 0 aliphatic carbocycles. The minimum Gasteiger partial charge on any atom is -0.350 e. The van der Waals surface area contributed by atoms with Gasteiger partial charge in [0.25, 0.3) is 5.91 Å². The van der Waals surface area contributed by atoms with Crippen LogP contribution in [-0.2, 0) is 7.05 Å². The van der Waals surface area contributed by atoms with Gasteiger partial charge in [-0.1, -0.05) is 6.92 Å². The Morgan fingerprint density at radius 2 is 2.15 bits per heavy atom. The summed E-state index contributed by atoms with van der Waals surface area (Å²) in [5.74, 6) is -0.00102. The van der Waals surface area contributed by atoms with Crippen LogP contribution >= 0.6 is 23.7 Å². The molecule has 2 heterocycles. The summed E-state index contributed by atoms with van der Waals surface area (Å²) in [6.07, 6.45) is 1.11. The van der Waals surface area contributed by atoms with Gasteiger partial charge in [-0.2, -0.15) is 5.10 Å². The largest absolute Gasteiger partial charge is 0.350 e. The summed E-state index contributed by atoms with van der Waals surface area (Å²) in [6, 6.07) is 1.93. The topological polar surface area (TPSA) is 58.9 Å². The molecule has 0 aromatic carbocycles. The van der Waals surface area contributed by atoms with E-state index in [0.717, 1.165) is 40.3 Å². The molecule has 0 aliphatic rings. The molecule has 2 rings (SSSR count). The molecule has 0 fully saturated rings. The molecule has 0 unspecified atom stereocenters. The van der Waals surface area contributed by atoms with Crippen LogP contribution in [0, 0.1) is 6.92 Å². The Balaban J connectivity index is 0.00000200. The number of rotatable bonds is 6. The van der Waals surface area contributed by atoms with Gasteiger partial charge in [0, 0.05) is 25.5 Å². The maximum Gasteiger partial charge on any atom is 0.261 e. The van der Waals surface area contributed by atoms with E-state index in [1.165, 1.54) is 11.3 Å². The van der Waals surface area contributed by atoms with Crippen molar-refractivity contribution in [3.8, 4) is 0 Å². The minimum atomic E-state index is -0.00102. The zero-order valence-corrected chi connectivity index (χ0v) is 13.7. The zero-order valence-electron chi connectivity index (χ0n) is 12.0. The Morgan fingerprint density at radius 3 is 2.80 bits per heavy atom. The van der Waals surface area contributed by atoms with Crippen molar-refractivity contribution in [2.24, 2.45) is 7.05 Å². The molecule has 0 bridgehead atoms. The van der Waals surface area contributed by atoms with Crippen LogP contribution in [0.15, 0.2) is 6.07 Å². The minimum absolute atomic E-state index is 0. The second kappa shape index (κ2) is 7.61. The van der Waals surface area contributed by atoms with Crippen LogP contribution in [0.25, 0.3) is 10.2 Å². The number of carbonyl (C=O) groups excluding carboxylic acids is 1. The Bertz CT molecular complexity index is 544. The lowest BCUT2D eigenvalue weighted by atomic mass is 10.3. The van der Waals surface area contributed by atoms with Crippen molar-refractivity contribution in [3.05, 3.63) is 16.6 Å². The third-order valence-electron chi connectivity index (χ3n) is 2.93. The van der Waals surface area contributed by atoms with Gasteiger partial charge >= 0.3 is 0 Å². The normalized spacial score (nSPS) is 10.6. The Kier molecular flexibility index (Phi) is 6.45. The molecule has 2 N–H and O–H groups in total. The molecule has 2 aromatic rings. The second-order valence-electron chi connectivity index (χ2n) is 4.54. The summed E-state index contributed by atoms with van der Waals surface area (Å²) in [4.78, 5) is 13.8. The van der Waals surface area contributed by atoms with Gasteiger partial charge in [-0.25, -0.2) is 0 Å². The van der Waals surface area contributed by atoms with Crippen LogP contribution in [0.3, 0.4) is 0 Å². The summed E-state index contributed by atoms with van der Waals surface area (Å²) in [6.45, 7) is 6.55. The quantitative estimate of drug-likeness (QED) is 0.802. The number of thiophene rings is 1. The molecule has 0 atom stereocenters. The number of carbonyl (C=O) groups is 1. The second-order valence-corrected chi connectivity index (χ2v) is 5.58. The average molecular weight is 317 g/mol. The predicted molar refractivity (Wildman–Crippen MR) is 86.1 cm³/mol. The summed E-state index contributed by atoms with van der Waals surface area (Å²) in [7, 11) is 1.90. The average Bonchev–Trinajstić information content (AvgIpc) is 2.92.